The second-order valence-electron chi connectivity index (χ2n) is 7.16. The first kappa shape index (κ1) is 13.0. The summed E-state index contributed by atoms with van der Waals surface area (Å²) in [6, 6.07) is 9.22. The van der Waals surface area contributed by atoms with Crippen LogP contribution in [0.4, 0.5) is 5.69 Å². The molecule has 2 nitrogen and oxygen atoms in total. The van der Waals surface area contributed by atoms with Gasteiger partial charge >= 0.3 is 0 Å². The van der Waals surface area contributed by atoms with Gasteiger partial charge in [-0.05, 0) is 48.6 Å². The second kappa shape index (κ2) is 4.82. The van der Waals surface area contributed by atoms with Crippen LogP contribution < -0.4 is 10.6 Å². The molecule has 2 N–H and O–H groups in total. The summed E-state index contributed by atoms with van der Waals surface area (Å²) >= 11 is 0. The van der Waals surface area contributed by atoms with E-state index in [1.165, 1.54) is 43.5 Å². The fraction of sp³-hybridized carbons (Fsp3) is 0.647. The van der Waals surface area contributed by atoms with Crippen molar-refractivity contribution >= 4 is 5.69 Å². The van der Waals surface area contributed by atoms with E-state index in [0.717, 1.165) is 6.54 Å². The molecular formula is C17H26N2. The first-order valence-corrected chi connectivity index (χ1v) is 7.64. The smallest absolute Gasteiger partial charge is 0.0399 e. The Morgan fingerprint density at radius 2 is 2.11 bits per heavy atom. The maximum Gasteiger partial charge on any atom is 0.0399 e. The Kier molecular flexibility index (Phi) is 3.30. The van der Waals surface area contributed by atoms with Crippen LogP contribution in [0.15, 0.2) is 24.3 Å². The standard InChI is InChI=1S/C17H26N2/c1-17(2)9-7-15(18)14(11-17)12-19-10-8-13-5-3-4-6-16(13)19/h3-6,14-15H,7-12,18H2,1-2H3. The molecule has 2 heteroatoms. The topological polar surface area (TPSA) is 29.3 Å². The number of nitrogens with two attached hydrogens (primary N) is 1. The Hall–Kier alpha value is -1.02. The van der Waals surface area contributed by atoms with Gasteiger partial charge < -0.3 is 10.6 Å². The highest BCUT2D eigenvalue weighted by Gasteiger charge is 2.34. The number of benzene rings is 1. The maximum atomic E-state index is 6.37. The molecule has 0 amide bonds. The molecule has 1 aliphatic carbocycles. The minimum absolute atomic E-state index is 0.390. The summed E-state index contributed by atoms with van der Waals surface area (Å²) in [7, 11) is 0. The van der Waals surface area contributed by atoms with Crippen molar-refractivity contribution in [1.29, 1.82) is 0 Å². The predicted molar refractivity (Wildman–Crippen MR) is 81.5 cm³/mol. The lowest BCUT2D eigenvalue weighted by molar-refractivity contribution is 0.160. The molecule has 2 aliphatic rings. The molecule has 0 radical (unpaired) electrons. The average Bonchev–Trinajstić information content (AvgIpc) is 2.77. The Balaban J connectivity index is 1.72. The van der Waals surface area contributed by atoms with Gasteiger partial charge in [-0.2, -0.15) is 0 Å². The van der Waals surface area contributed by atoms with E-state index in [1.807, 2.05) is 0 Å². The van der Waals surface area contributed by atoms with Crippen LogP contribution in [0, 0.1) is 11.3 Å². The van der Waals surface area contributed by atoms with Crippen LogP contribution in [0.25, 0.3) is 0 Å². The van der Waals surface area contributed by atoms with Gasteiger partial charge in [0.1, 0.15) is 0 Å². The number of nitrogens with zero attached hydrogens (tertiary/aromatic N) is 1. The van der Waals surface area contributed by atoms with Crippen LogP contribution in [0.1, 0.15) is 38.7 Å². The highest BCUT2D eigenvalue weighted by Crippen LogP contribution is 2.39. The predicted octanol–water partition coefficient (Wildman–Crippen LogP) is 3.20. The third-order valence-electron chi connectivity index (χ3n) is 5.01. The van der Waals surface area contributed by atoms with Gasteiger partial charge in [-0.15, -0.1) is 0 Å². The van der Waals surface area contributed by atoms with Crippen molar-refractivity contribution in [2.45, 2.75) is 45.6 Å². The van der Waals surface area contributed by atoms with Crippen LogP contribution in [0.5, 0.6) is 0 Å². The highest BCUT2D eigenvalue weighted by atomic mass is 15.2. The van der Waals surface area contributed by atoms with Crippen LogP contribution in [0.3, 0.4) is 0 Å². The van der Waals surface area contributed by atoms with Crippen LogP contribution in [-0.4, -0.2) is 19.1 Å². The second-order valence-corrected chi connectivity index (χ2v) is 7.16. The van der Waals surface area contributed by atoms with E-state index < -0.39 is 0 Å². The molecule has 1 aliphatic heterocycles. The van der Waals surface area contributed by atoms with Crippen molar-refractivity contribution in [2.24, 2.45) is 17.1 Å². The normalized spacial score (nSPS) is 29.3. The minimum atomic E-state index is 0.390. The van der Waals surface area contributed by atoms with E-state index in [0.29, 0.717) is 17.4 Å². The van der Waals surface area contributed by atoms with Crippen molar-refractivity contribution in [3.05, 3.63) is 29.8 Å². The van der Waals surface area contributed by atoms with Gasteiger partial charge in [0.15, 0.2) is 0 Å². The van der Waals surface area contributed by atoms with E-state index in [-0.39, 0.29) is 0 Å². The zero-order chi connectivity index (χ0) is 13.5. The molecule has 2 atom stereocenters. The van der Waals surface area contributed by atoms with Gasteiger partial charge in [-0.25, -0.2) is 0 Å². The summed E-state index contributed by atoms with van der Waals surface area (Å²) in [6.45, 7) is 7.10. The van der Waals surface area contributed by atoms with Gasteiger partial charge in [0, 0.05) is 24.8 Å². The molecule has 2 unspecified atom stereocenters. The fourth-order valence-electron chi connectivity index (χ4n) is 3.84. The zero-order valence-corrected chi connectivity index (χ0v) is 12.2. The molecule has 0 saturated heterocycles. The number of rotatable bonds is 2. The molecule has 1 heterocycles. The Morgan fingerprint density at radius 1 is 1.32 bits per heavy atom. The fourth-order valence-corrected chi connectivity index (χ4v) is 3.84. The Bertz CT molecular complexity index is 452. The van der Waals surface area contributed by atoms with Gasteiger partial charge in [0.05, 0.1) is 0 Å². The molecule has 1 aromatic carbocycles. The van der Waals surface area contributed by atoms with E-state index >= 15 is 0 Å². The largest absolute Gasteiger partial charge is 0.371 e. The minimum Gasteiger partial charge on any atom is -0.371 e. The summed E-state index contributed by atoms with van der Waals surface area (Å²) in [6.07, 6.45) is 4.93. The van der Waals surface area contributed by atoms with Gasteiger partial charge in [0.2, 0.25) is 0 Å². The number of para-hydroxylation sites is 1. The molecule has 104 valence electrons. The molecule has 1 fully saturated rings. The van der Waals surface area contributed by atoms with Crippen LogP contribution in [0.2, 0.25) is 0 Å². The number of hydrogen-bond donors (Lipinski definition) is 1. The Morgan fingerprint density at radius 3 is 2.95 bits per heavy atom. The molecule has 0 bridgehead atoms. The van der Waals surface area contributed by atoms with E-state index in [1.54, 1.807) is 0 Å². The lowest BCUT2D eigenvalue weighted by atomic mass is 9.70. The molecule has 1 saturated carbocycles. The SMILES string of the molecule is CC1(C)CCC(N)C(CN2CCc3ccccc32)C1. The first-order chi connectivity index (χ1) is 9.05. The van der Waals surface area contributed by atoms with Crippen molar-refractivity contribution in [2.75, 3.05) is 18.0 Å². The first-order valence-electron chi connectivity index (χ1n) is 7.64. The molecule has 0 aromatic heterocycles. The lowest BCUT2D eigenvalue weighted by Gasteiger charge is -2.41. The summed E-state index contributed by atoms with van der Waals surface area (Å²) in [5.41, 5.74) is 9.79. The third-order valence-corrected chi connectivity index (χ3v) is 5.01. The number of anilines is 1. The third kappa shape index (κ3) is 2.64. The lowest BCUT2D eigenvalue weighted by Crippen LogP contribution is -2.44. The summed E-state index contributed by atoms with van der Waals surface area (Å²) in [4.78, 5) is 2.56. The van der Waals surface area contributed by atoms with Gasteiger partial charge in [-0.3, -0.25) is 0 Å². The van der Waals surface area contributed by atoms with Gasteiger partial charge in [0.25, 0.3) is 0 Å². The van der Waals surface area contributed by atoms with Crippen LogP contribution >= 0.6 is 0 Å². The average molecular weight is 258 g/mol. The number of hydrogen-bond acceptors (Lipinski definition) is 2. The quantitative estimate of drug-likeness (QED) is 0.882. The van der Waals surface area contributed by atoms with E-state index in [9.17, 15) is 0 Å². The molecule has 1 aromatic rings. The maximum absolute atomic E-state index is 6.37. The van der Waals surface area contributed by atoms with Crippen LogP contribution in [-0.2, 0) is 6.42 Å². The monoisotopic (exact) mass is 258 g/mol. The van der Waals surface area contributed by atoms with Crippen molar-refractivity contribution in [1.82, 2.24) is 0 Å². The van der Waals surface area contributed by atoms with E-state index in [2.05, 4.69) is 43.0 Å². The highest BCUT2D eigenvalue weighted by molar-refractivity contribution is 5.57. The Labute approximate surface area is 117 Å². The van der Waals surface area contributed by atoms with Gasteiger partial charge in [-0.1, -0.05) is 32.0 Å². The van der Waals surface area contributed by atoms with E-state index in [4.69, 9.17) is 5.73 Å². The molecule has 0 spiro atoms. The summed E-state index contributed by atoms with van der Waals surface area (Å²) in [5, 5.41) is 0. The van der Waals surface area contributed by atoms with Crippen molar-refractivity contribution < 1.29 is 0 Å². The summed E-state index contributed by atoms with van der Waals surface area (Å²) in [5.74, 6) is 0.648. The zero-order valence-electron chi connectivity index (χ0n) is 12.2. The molecule has 19 heavy (non-hydrogen) atoms. The molecular weight excluding hydrogens is 232 g/mol. The van der Waals surface area contributed by atoms with Crippen molar-refractivity contribution in [3.8, 4) is 0 Å². The molecule has 3 rings (SSSR count). The van der Waals surface area contributed by atoms with Crippen molar-refractivity contribution in [3.63, 3.8) is 0 Å². The number of fused-ring (bicyclic) bond motifs is 1. The summed E-state index contributed by atoms with van der Waals surface area (Å²) < 4.78 is 0.